The first-order valence-corrected chi connectivity index (χ1v) is 9.99. The monoisotopic (exact) mass is 387 g/mol. The van der Waals surface area contributed by atoms with E-state index in [0.717, 1.165) is 47.8 Å². The van der Waals surface area contributed by atoms with Crippen molar-refractivity contribution in [3.63, 3.8) is 0 Å². The third kappa shape index (κ3) is 4.06. The van der Waals surface area contributed by atoms with Crippen LogP contribution in [0.25, 0.3) is 11.0 Å². The van der Waals surface area contributed by atoms with Gasteiger partial charge in [0.05, 0.1) is 17.6 Å². The van der Waals surface area contributed by atoms with Crippen LogP contribution in [0.5, 0.6) is 0 Å². The van der Waals surface area contributed by atoms with Gasteiger partial charge in [-0.1, -0.05) is 31.5 Å². The molecule has 1 N–H and O–H groups in total. The number of benzene rings is 2. The summed E-state index contributed by atoms with van der Waals surface area (Å²) in [5.74, 6) is 1.85. The second-order valence-electron chi connectivity index (χ2n) is 7.16. The Morgan fingerprint density at radius 3 is 2.69 bits per heavy atom. The van der Waals surface area contributed by atoms with Gasteiger partial charge in [-0.3, -0.25) is 4.79 Å². The summed E-state index contributed by atoms with van der Waals surface area (Å²) < 4.78 is 4.38. The van der Waals surface area contributed by atoms with Crippen molar-refractivity contribution in [3.8, 4) is 0 Å². The number of hydrogen-bond acceptors (Lipinski definition) is 3. The molecular weight excluding hydrogens is 362 g/mol. The molecule has 0 unspecified atom stereocenters. The highest BCUT2D eigenvalue weighted by Crippen LogP contribution is 2.23. The van der Waals surface area contributed by atoms with Crippen LogP contribution in [-0.2, 0) is 13.1 Å². The first-order chi connectivity index (χ1) is 14.2. The number of anilines is 1. The number of fused-ring (bicyclic) bond motifs is 1. The van der Waals surface area contributed by atoms with Gasteiger partial charge in [-0.15, -0.1) is 0 Å². The quantitative estimate of drug-likeness (QED) is 0.502. The first kappa shape index (κ1) is 18.9. The number of aryl methyl sites for hydroxylation is 2. The molecule has 4 aromatic rings. The number of imidazole rings is 2. The molecule has 6 heteroatoms. The minimum Gasteiger partial charge on any atom is -0.328 e. The number of hydrogen-bond donors (Lipinski definition) is 1. The Bertz CT molecular complexity index is 1130. The van der Waals surface area contributed by atoms with Crippen molar-refractivity contribution in [1.82, 2.24) is 19.1 Å². The molecule has 0 saturated carbocycles. The molecule has 2 aromatic heterocycles. The molecular formula is C23H25N5O. The van der Waals surface area contributed by atoms with Gasteiger partial charge in [0.25, 0.3) is 5.91 Å². The summed E-state index contributed by atoms with van der Waals surface area (Å²) in [5.41, 5.74) is 3.36. The minimum absolute atomic E-state index is 0.121. The van der Waals surface area contributed by atoms with Crippen LogP contribution in [0, 0.1) is 6.92 Å². The second-order valence-corrected chi connectivity index (χ2v) is 7.16. The zero-order chi connectivity index (χ0) is 20.2. The third-order valence-corrected chi connectivity index (χ3v) is 5.09. The fourth-order valence-electron chi connectivity index (χ4n) is 3.46. The molecule has 0 saturated heterocycles. The van der Waals surface area contributed by atoms with Crippen molar-refractivity contribution < 1.29 is 4.79 Å². The second kappa shape index (κ2) is 8.31. The molecule has 6 nitrogen and oxygen atoms in total. The standard InChI is InChI=1S/C23H25N5O/c1-3-4-13-28-21-11-10-19(25-23(29)18-8-6-5-7-9-18)15-20(21)26-22(28)16-27-14-12-24-17(27)2/h5-12,14-15H,3-4,13,16H2,1-2H3,(H,25,29). The molecule has 0 spiro atoms. The summed E-state index contributed by atoms with van der Waals surface area (Å²) in [4.78, 5) is 21.7. The lowest BCUT2D eigenvalue weighted by atomic mass is 10.2. The Morgan fingerprint density at radius 1 is 1.14 bits per heavy atom. The van der Waals surface area contributed by atoms with E-state index in [1.807, 2.05) is 55.7 Å². The number of nitrogens with zero attached hydrogens (tertiary/aromatic N) is 4. The average molecular weight is 387 g/mol. The number of unbranched alkanes of at least 4 members (excludes halogenated alkanes) is 1. The molecule has 29 heavy (non-hydrogen) atoms. The maximum absolute atomic E-state index is 12.5. The SMILES string of the molecule is CCCCn1c(Cn2ccnc2C)nc2cc(NC(=O)c3ccccc3)ccc21. The van der Waals surface area contributed by atoms with Gasteiger partial charge in [0.1, 0.15) is 11.6 Å². The summed E-state index contributed by atoms with van der Waals surface area (Å²) in [7, 11) is 0. The Labute approximate surface area is 170 Å². The van der Waals surface area contributed by atoms with Crippen LogP contribution < -0.4 is 5.32 Å². The lowest BCUT2D eigenvalue weighted by molar-refractivity contribution is 0.102. The van der Waals surface area contributed by atoms with E-state index in [1.165, 1.54) is 0 Å². The predicted molar refractivity (Wildman–Crippen MR) is 115 cm³/mol. The zero-order valence-electron chi connectivity index (χ0n) is 16.8. The highest BCUT2D eigenvalue weighted by molar-refractivity contribution is 6.04. The van der Waals surface area contributed by atoms with Gasteiger partial charge in [-0.05, 0) is 43.7 Å². The van der Waals surface area contributed by atoms with Crippen LogP contribution in [0.2, 0.25) is 0 Å². The maximum Gasteiger partial charge on any atom is 0.255 e. The molecule has 1 amide bonds. The summed E-state index contributed by atoms with van der Waals surface area (Å²) in [6.07, 6.45) is 6.00. The van der Waals surface area contributed by atoms with Crippen molar-refractivity contribution in [1.29, 1.82) is 0 Å². The Morgan fingerprint density at radius 2 is 1.97 bits per heavy atom. The zero-order valence-corrected chi connectivity index (χ0v) is 16.8. The molecule has 148 valence electrons. The number of nitrogens with one attached hydrogen (secondary N) is 1. The van der Waals surface area contributed by atoms with E-state index in [4.69, 9.17) is 4.98 Å². The van der Waals surface area contributed by atoms with Gasteiger partial charge in [0, 0.05) is 30.2 Å². The lowest BCUT2D eigenvalue weighted by Gasteiger charge is -2.10. The summed E-state index contributed by atoms with van der Waals surface area (Å²) >= 11 is 0. The molecule has 2 heterocycles. The van der Waals surface area contributed by atoms with Crippen LogP contribution in [-0.4, -0.2) is 25.0 Å². The molecule has 0 aliphatic carbocycles. The van der Waals surface area contributed by atoms with E-state index >= 15 is 0 Å². The highest BCUT2D eigenvalue weighted by atomic mass is 16.1. The lowest BCUT2D eigenvalue weighted by Crippen LogP contribution is -2.11. The molecule has 0 atom stereocenters. The normalized spacial score (nSPS) is 11.1. The number of amides is 1. The van der Waals surface area contributed by atoms with E-state index < -0.39 is 0 Å². The van der Waals surface area contributed by atoms with Crippen LogP contribution in [0.1, 0.15) is 41.8 Å². The van der Waals surface area contributed by atoms with Crippen molar-refractivity contribution in [2.45, 2.75) is 39.8 Å². The Hall–Kier alpha value is -3.41. The van der Waals surface area contributed by atoms with Gasteiger partial charge in [0.15, 0.2) is 0 Å². The van der Waals surface area contributed by atoms with Gasteiger partial charge in [0.2, 0.25) is 0 Å². The van der Waals surface area contributed by atoms with Crippen molar-refractivity contribution >= 4 is 22.6 Å². The van der Waals surface area contributed by atoms with Crippen molar-refractivity contribution in [2.75, 3.05) is 5.32 Å². The number of rotatable bonds is 7. The van der Waals surface area contributed by atoms with E-state index in [2.05, 4.69) is 26.4 Å². The van der Waals surface area contributed by atoms with Crippen LogP contribution >= 0.6 is 0 Å². The highest BCUT2D eigenvalue weighted by Gasteiger charge is 2.13. The number of aromatic nitrogens is 4. The molecule has 4 rings (SSSR count). The smallest absolute Gasteiger partial charge is 0.255 e. The van der Waals surface area contributed by atoms with E-state index in [9.17, 15) is 4.79 Å². The van der Waals surface area contributed by atoms with Crippen LogP contribution in [0.3, 0.4) is 0 Å². The fraction of sp³-hybridized carbons (Fsp3) is 0.261. The van der Waals surface area contributed by atoms with Crippen molar-refractivity contribution in [2.24, 2.45) is 0 Å². The summed E-state index contributed by atoms with van der Waals surface area (Å²) in [6.45, 7) is 5.79. The van der Waals surface area contributed by atoms with Crippen LogP contribution in [0.4, 0.5) is 5.69 Å². The molecule has 0 fully saturated rings. The topological polar surface area (TPSA) is 64.7 Å². The maximum atomic E-state index is 12.5. The number of carbonyl (C=O) groups excluding carboxylic acids is 1. The minimum atomic E-state index is -0.121. The fourth-order valence-corrected chi connectivity index (χ4v) is 3.46. The van der Waals surface area contributed by atoms with Gasteiger partial charge in [-0.2, -0.15) is 0 Å². The van der Waals surface area contributed by atoms with E-state index in [-0.39, 0.29) is 5.91 Å². The van der Waals surface area contributed by atoms with E-state index in [1.54, 1.807) is 12.1 Å². The molecule has 0 aliphatic heterocycles. The molecule has 0 aliphatic rings. The van der Waals surface area contributed by atoms with Gasteiger partial charge >= 0.3 is 0 Å². The Kier molecular flexibility index (Phi) is 5.42. The van der Waals surface area contributed by atoms with Gasteiger partial charge < -0.3 is 14.5 Å². The first-order valence-electron chi connectivity index (χ1n) is 9.99. The predicted octanol–water partition coefficient (Wildman–Crippen LogP) is 4.64. The largest absolute Gasteiger partial charge is 0.328 e. The summed E-state index contributed by atoms with van der Waals surface area (Å²) in [5, 5.41) is 2.97. The Balaban J connectivity index is 1.65. The number of carbonyl (C=O) groups is 1. The molecule has 0 bridgehead atoms. The van der Waals surface area contributed by atoms with Crippen molar-refractivity contribution in [3.05, 3.63) is 78.1 Å². The van der Waals surface area contributed by atoms with E-state index in [0.29, 0.717) is 12.1 Å². The third-order valence-electron chi connectivity index (χ3n) is 5.09. The van der Waals surface area contributed by atoms with Gasteiger partial charge in [-0.25, -0.2) is 9.97 Å². The molecule has 0 radical (unpaired) electrons. The molecule has 2 aromatic carbocycles. The average Bonchev–Trinajstić information content (AvgIpc) is 3.29. The van der Waals surface area contributed by atoms with Crippen LogP contribution in [0.15, 0.2) is 60.9 Å². The summed E-state index contributed by atoms with van der Waals surface area (Å²) in [6, 6.07) is 15.2.